The normalized spacial score (nSPS) is 15.8. The van der Waals surface area contributed by atoms with Crippen LogP contribution in [0, 0.1) is 0 Å². The molecule has 0 saturated heterocycles. The maximum absolute atomic E-state index is 5.91. The summed E-state index contributed by atoms with van der Waals surface area (Å²) in [6.07, 6.45) is 8.43. The molecule has 0 heterocycles. The highest BCUT2D eigenvalue weighted by atomic mass is 16.5. The van der Waals surface area contributed by atoms with Crippen LogP contribution in [0.1, 0.15) is 50.6 Å². The molecule has 1 aromatic carbocycles. The maximum Gasteiger partial charge on any atom is 0.119 e. The molecule has 3 N–H and O–H groups in total. The molecule has 3 heteroatoms. The SMILES string of the molecule is CCCOc1ccc(C(CN)NCCC2=CCCC2)cc1. The smallest absolute Gasteiger partial charge is 0.119 e. The molecule has 1 aliphatic carbocycles. The first kappa shape index (κ1) is 16.1. The van der Waals surface area contributed by atoms with E-state index < -0.39 is 0 Å². The average Bonchev–Trinajstić information content (AvgIpc) is 3.03. The van der Waals surface area contributed by atoms with Gasteiger partial charge in [-0.15, -0.1) is 0 Å². The highest BCUT2D eigenvalue weighted by Crippen LogP contribution is 2.21. The predicted octanol–water partition coefficient (Wildman–Crippen LogP) is 3.57. The van der Waals surface area contributed by atoms with E-state index in [-0.39, 0.29) is 6.04 Å². The summed E-state index contributed by atoms with van der Waals surface area (Å²) in [5.41, 5.74) is 8.75. The van der Waals surface area contributed by atoms with E-state index in [9.17, 15) is 0 Å². The number of nitrogens with one attached hydrogen (secondary N) is 1. The van der Waals surface area contributed by atoms with Crippen molar-refractivity contribution in [1.29, 1.82) is 0 Å². The molecule has 0 spiro atoms. The first-order valence-corrected chi connectivity index (χ1v) is 8.17. The van der Waals surface area contributed by atoms with Crippen molar-refractivity contribution in [1.82, 2.24) is 5.32 Å². The molecule has 1 atom stereocenters. The summed E-state index contributed by atoms with van der Waals surface area (Å²) < 4.78 is 5.61. The third kappa shape index (κ3) is 5.18. The topological polar surface area (TPSA) is 47.3 Å². The molecule has 1 aliphatic rings. The molecule has 3 nitrogen and oxygen atoms in total. The van der Waals surface area contributed by atoms with Crippen molar-refractivity contribution in [3.63, 3.8) is 0 Å². The van der Waals surface area contributed by atoms with Crippen molar-refractivity contribution in [3.05, 3.63) is 41.5 Å². The van der Waals surface area contributed by atoms with Gasteiger partial charge in [-0.2, -0.15) is 0 Å². The van der Waals surface area contributed by atoms with Crippen LogP contribution < -0.4 is 15.8 Å². The van der Waals surface area contributed by atoms with Crippen molar-refractivity contribution >= 4 is 0 Å². The molecule has 0 fully saturated rings. The molecule has 0 amide bonds. The Morgan fingerprint density at radius 3 is 2.71 bits per heavy atom. The average molecular weight is 288 g/mol. The molecule has 1 unspecified atom stereocenters. The Hall–Kier alpha value is -1.32. The van der Waals surface area contributed by atoms with Gasteiger partial charge in [0.2, 0.25) is 0 Å². The number of benzene rings is 1. The van der Waals surface area contributed by atoms with E-state index in [1.165, 1.54) is 24.8 Å². The van der Waals surface area contributed by atoms with Crippen LogP contribution >= 0.6 is 0 Å². The van der Waals surface area contributed by atoms with Gasteiger partial charge in [0, 0.05) is 12.6 Å². The van der Waals surface area contributed by atoms with Crippen LogP contribution in [-0.4, -0.2) is 19.7 Å². The van der Waals surface area contributed by atoms with Crippen LogP contribution in [0.4, 0.5) is 0 Å². The molecule has 21 heavy (non-hydrogen) atoms. The molecule has 116 valence electrons. The Bertz CT molecular complexity index is 439. The predicted molar refractivity (Wildman–Crippen MR) is 88.6 cm³/mol. The Balaban J connectivity index is 1.81. The van der Waals surface area contributed by atoms with Gasteiger partial charge in [0.05, 0.1) is 6.61 Å². The third-order valence-electron chi connectivity index (χ3n) is 3.96. The van der Waals surface area contributed by atoms with E-state index in [1.807, 2.05) is 12.1 Å². The lowest BCUT2D eigenvalue weighted by Crippen LogP contribution is -2.29. The van der Waals surface area contributed by atoms with E-state index in [0.29, 0.717) is 6.54 Å². The van der Waals surface area contributed by atoms with Crippen molar-refractivity contribution in [2.75, 3.05) is 19.7 Å². The molecule has 0 saturated carbocycles. The first-order chi connectivity index (χ1) is 10.3. The Labute approximate surface area is 128 Å². The zero-order valence-corrected chi connectivity index (χ0v) is 13.1. The highest BCUT2D eigenvalue weighted by molar-refractivity contribution is 5.29. The van der Waals surface area contributed by atoms with E-state index in [1.54, 1.807) is 5.57 Å². The minimum atomic E-state index is 0.229. The summed E-state index contributed by atoms with van der Waals surface area (Å²) in [5, 5.41) is 3.57. The van der Waals surface area contributed by atoms with Gasteiger partial charge in [-0.25, -0.2) is 0 Å². The van der Waals surface area contributed by atoms with E-state index >= 15 is 0 Å². The number of ether oxygens (including phenoxy) is 1. The van der Waals surface area contributed by atoms with E-state index in [0.717, 1.165) is 31.7 Å². The van der Waals surface area contributed by atoms with Gasteiger partial charge >= 0.3 is 0 Å². The number of rotatable bonds is 9. The van der Waals surface area contributed by atoms with Gasteiger partial charge in [-0.1, -0.05) is 30.7 Å². The summed E-state index contributed by atoms with van der Waals surface area (Å²) in [4.78, 5) is 0. The highest BCUT2D eigenvalue weighted by Gasteiger charge is 2.10. The zero-order valence-electron chi connectivity index (χ0n) is 13.1. The lowest BCUT2D eigenvalue weighted by atomic mass is 10.1. The van der Waals surface area contributed by atoms with Gasteiger partial charge < -0.3 is 15.8 Å². The van der Waals surface area contributed by atoms with Crippen LogP contribution in [0.2, 0.25) is 0 Å². The van der Waals surface area contributed by atoms with E-state index in [4.69, 9.17) is 10.5 Å². The Morgan fingerprint density at radius 1 is 1.29 bits per heavy atom. The minimum absolute atomic E-state index is 0.229. The second-order valence-corrected chi connectivity index (χ2v) is 5.66. The van der Waals surface area contributed by atoms with Crippen molar-refractivity contribution < 1.29 is 4.74 Å². The number of nitrogens with two attached hydrogens (primary N) is 1. The number of allylic oxidation sites excluding steroid dienone is 1. The zero-order chi connectivity index (χ0) is 14.9. The Morgan fingerprint density at radius 2 is 2.10 bits per heavy atom. The second kappa shape index (κ2) is 8.85. The fourth-order valence-corrected chi connectivity index (χ4v) is 2.72. The van der Waals surface area contributed by atoms with Gasteiger partial charge in [0.1, 0.15) is 5.75 Å². The minimum Gasteiger partial charge on any atom is -0.494 e. The fourth-order valence-electron chi connectivity index (χ4n) is 2.72. The van der Waals surface area contributed by atoms with Gasteiger partial charge in [0.25, 0.3) is 0 Å². The first-order valence-electron chi connectivity index (χ1n) is 8.17. The van der Waals surface area contributed by atoms with Crippen LogP contribution in [0.5, 0.6) is 5.75 Å². The molecular formula is C18H28N2O. The van der Waals surface area contributed by atoms with Crippen molar-refractivity contribution in [3.8, 4) is 5.75 Å². The van der Waals surface area contributed by atoms with Crippen LogP contribution in [0.3, 0.4) is 0 Å². The molecule has 0 radical (unpaired) electrons. The molecular weight excluding hydrogens is 260 g/mol. The lowest BCUT2D eigenvalue weighted by Gasteiger charge is -2.18. The van der Waals surface area contributed by atoms with Gasteiger partial charge in [-0.3, -0.25) is 0 Å². The molecule has 2 rings (SSSR count). The van der Waals surface area contributed by atoms with Crippen molar-refractivity contribution in [2.45, 2.75) is 45.1 Å². The maximum atomic E-state index is 5.91. The quantitative estimate of drug-likeness (QED) is 0.683. The lowest BCUT2D eigenvalue weighted by molar-refractivity contribution is 0.317. The van der Waals surface area contributed by atoms with E-state index in [2.05, 4.69) is 30.4 Å². The van der Waals surface area contributed by atoms with Crippen LogP contribution in [-0.2, 0) is 0 Å². The summed E-state index contributed by atoms with van der Waals surface area (Å²) in [6.45, 7) is 4.51. The van der Waals surface area contributed by atoms with Crippen LogP contribution in [0.15, 0.2) is 35.9 Å². The Kier molecular flexibility index (Phi) is 6.77. The summed E-state index contributed by atoms with van der Waals surface area (Å²) >= 11 is 0. The number of hydrogen-bond donors (Lipinski definition) is 2. The second-order valence-electron chi connectivity index (χ2n) is 5.66. The third-order valence-corrected chi connectivity index (χ3v) is 3.96. The summed E-state index contributed by atoms with van der Waals surface area (Å²) in [6, 6.07) is 8.53. The summed E-state index contributed by atoms with van der Waals surface area (Å²) in [5.74, 6) is 0.937. The molecule has 0 aromatic heterocycles. The fraction of sp³-hybridized carbons (Fsp3) is 0.556. The van der Waals surface area contributed by atoms with Gasteiger partial charge in [0.15, 0.2) is 0 Å². The summed E-state index contributed by atoms with van der Waals surface area (Å²) in [7, 11) is 0. The monoisotopic (exact) mass is 288 g/mol. The molecule has 1 aromatic rings. The van der Waals surface area contributed by atoms with Crippen LogP contribution in [0.25, 0.3) is 0 Å². The molecule has 0 aliphatic heterocycles. The number of hydrogen-bond acceptors (Lipinski definition) is 3. The molecule has 0 bridgehead atoms. The largest absolute Gasteiger partial charge is 0.494 e. The van der Waals surface area contributed by atoms with Gasteiger partial charge in [-0.05, 0) is 56.3 Å². The standard InChI is InChI=1S/C18H28N2O/c1-2-13-21-17-9-7-16(8-10-17)18(14-19)20-12-11-15-5-3-4-6-15/h5,7-10,18,20H,2-4,6,11-14,19H2,1H3. The van der Waals surface area contributed by atoms with Crippen molar-refractivity contribution in [2.24, 2.45) is 5.73 Å².